The Balaban J connectivity index is 1.16. The van der Waals surface area contributed by atoms with Gasteiger partial charge in [0.25, 0.3) is 0 Å². The number of hydrogen-bond acceptors (Lipinski definition) is 2. The molecule has 0 amide bonds. The molecule has 222 valence electrons. The minimum Gasteiger partial charge on any atom is -0.393 e. The van der Waals surface area contributed by atoms with Gasteiger partial charge in [-0.05, 0) is 105 Å². The van der Waals surface area contributed by atoms with Crippen molar-refractivity contribution >= 4 is 0 Å². The minimum absolute atomic E-state index is 0.169. The molecular formula is C36H66O2. The zero-order valence-corrected chi connectivity index (χ0v) is 26.1. The first kappa shape index (κ1) is 30.9. The van der Waals surface area contributed by atoms with Crippen molar-refractivity contribution in [2.75, 3.05) is 6.61 Å². The molecule has 2 nitrogen and oxygen atoms in total. The molecular weight excluding hydrogens is 464 g/mol. The first-order valence-electron chi connectivity index (χ1n) is 17.7. The first-order chi connectivity index (χ1) is 18.4. The molecule has 0 aliphatic heterocycles. The van der Waals surface area contributed by atoms with E-state index in [1.165, 1.54) is 122 Å². The number of ether oxygens (including phenoxy) is 1. The highest BCUT2D eigenvalue weighted by Gasteiger charge is 2.35. The second kappa shape index (κ2) is 15.8. The molecule has 0 aromatic rings. The van der Waals surface area contributed by atoms with Crippen molar-refractivity contribution in [2.45, 2.75) is 168 Å². The van der Waals surface area contributed by atoms with Gasteiger partial charge in [0.2, 0.25) is 0 Å². The average Bonchev–Trinajstić information content (AvgIpc) is 3.27. The Morgan fingerprint density at radius 1 is 0.711 bits per heavy atom. The third kappa shape index (κ3) is 9.22. The first-order valence-corrected chi connectivity index (χ1v) is 17.7. The van der Waals surface area contributed by atoms with Gasteiger partial charge in [0, 0.05) is 6.61 Å². The molecule has 8 unspecified atom stereocenters. The Kier molecular flexibility index (Phi) is 12.8. The molecule has 38 heavy (non-hydrogen) atoms. The quantitative estimate of drug-likeness (QED) is 0.269. The molecule has 4 fully saturated rings. The van der Waals surface area contributed by atoms with Gasteiger partial charge in [0.05, 0.1) is 12.2 Å². The van der Waals surface area contributed by atoms with E-state index in [9.17, 15) is 5.11 Å². The van der Waals surface area contributed by atoms with Crippen molar-refractivity contribution in [3.05, 3.63) is 0 Å². The molecule has 4 saturated carbocycles. The maximum Gasteiger partial charge on any atom is 0.0597 e. The Morgan fingerprint density at radius 2 is 1.37 bits per heavy atom. The standard InChI is InChI=1S/C36H66O2/c1-5-29-22-26(2)23-35(28(4)24-29)36(37)27(3)20-21-38-34-13-9-8-12-33(25-34)32-18-16-31(17-19-32)15-14-30-10-6-7-11-30/h26-37H,5-25H2,1-4H3. The highest BCUT2D eigenvalue weighted by atomic mass is 16.5. The Morgan fingerprint density at radius 3 is 2.08 bits per heavy atom. The average molecular weight is 531 g/mol. The number of hydrogen-bond donors (Lipinski definition) is 1. The van der Waals surface area contributed by atoms with Crippen molar-refractivity contribution in [3.8, 4) is 0 Å². The lowest BCUT2D eigenvalue weighted by atomic mass is 9.72. The summed E-state index contributed by atoms with van der Waals surface area (Å²) in [7, 11) is 0. The zero-order chi connectivity index (χ0) is 26.9. The van der Waals surface area contributed by atoms with Crippen molar-refractivity contribution in [1.82, 2.24) is 0 Å². The lowest BCUT2D eigenvalue weighted by Gasteiger charge is -2.35. The van der Waals surface area contributed by atoms with E-state index in [0.29, 0.717) is 23.9 Å². The van der Waals surface area contributed by atoms with Gasteiger partial charge in [-0.2, -0.15) is 0 Å². The van der Waals surface area contributed by atoms with Crippen LogP contribution in [0.25, 0.3) is 0 Å². The van der Waals surface area contributed by atoms with E-state index in [1.807, 2.05) is 0 Å². The number of aliphatic hydroxyl groups is 1. The van der Waals surface area contributed by atoms with E-state index >= 15 is 0 Å². The highest BCUT2D eigenvalue weighted by Crippen LogP contribution is 2.43. The van der Waals surface area contributed by atoms with Gasteiger partial charge in [-0.25, -0.2) is 0 Å². The summed E-state index contributed by atoms with van der Waals surface area (Å²) in [5.74, 6) is 7.02. The van der Waals surface area contributed by atoms with Crippen LogP contribution in [0.2, 0.25) is 0 Å². The number of aliphatic hydroxyl groups excluding tert-OH is 1. The second-order valence-corrected chi connectivity index (χ2v) is 15.3. The van der Waals surface area contributed by atoms with Crippen LogP contribution in [0.1, 0.15) is 156 Å². The van der Waals surface area contributed by atoms with E-state index in [-0.39, 0.29) is 6.10 Å². The Labute approximate surface area is 237 Å². The van der Waals surface area contributed by atoms with Gasteiger partial charge in [-0.3, -0.25) is 0 Å². The summed E-state index contributed by atoms with van der Waals surface area (Å²) < 4.78 is 6.60. The maximum atomic E-state index is 11.4. The van der Waals surface area contributed by atoms with Gasteiger partial charge in [-0.15, -0.1) is 0 Å². The van der Waals surface area contributed by atoms with E-state index in [2.05, 4.69) is 27.7 Å². The fraction of sp³-hybridized carbons (Fsp3) is 1.00. The van der Waals surface area contributed by atoms with Crippen LogP contribution >= 0.6 is 0 Å². The molecule has 0 bridgehead atoms. The fourth-order valence-electron chi connectivity index (χ4n) is 9.63. The van der Waals surface area contributed by atoms with Gasteiger partial charge in [-0.1, -0.05) is 105 Å². The predicted octanol–water partition coefficient (Wildman–Crippen LogP) is 10.2. The molecule has 8 atom stereocenters. The van der Waals surface area contributed by atoms with E-state index in [1.54, 1.807) is 0 Å². The minimum atomic E-state index is -0.169. The van der Waals surface area contributed by atoms with Crippen LogP contribution in [-0.2, 0) is 4.74 Å². The lowest BCUT2D eigenvalue weighted by molar-refractivity contribution is -0.0130. The van der Waals surface area contributed by atoms with Gasteiger partial charge in [0.15, 0.2) is 0 Å². The van der Waals surface area contributed by atoms with Crippen molar-refractivity contribution in [3.63, 3.8) is 0 Å². The summed E-state index contributed by atoms with van der Waals surface area (Å²) in [6, 6.07) is 0. The molecule has 0 aromatic carbocycles. The van der Waals surface area contributed by atoms with Crippen LogP contribution in [-0.4, -0.2) is 23.9 Å². The Hall–Kier alpha value is -0.0800. The van der Waals surface area contributed by atoms with Gasteiger partial charge >= 0.3 is 0 Å². The third-order valence-corrected chi connectivity index (χ3v) is 12.3. The molecule has 0 heterocycles. The van der Waals surface area contributed by atoms with Crippen LogP contribution < -0.4 is 0 Å². The van der Waals surface area contributed by atoms with Crippen LogP contribution in [0.4, 0.5) is 0 Å². The molecule has 4 aliphatic carbocycles. The SMILES string of the molecule is CCC1CC(C)CC(C(O)C(C)CCOC2CCCCC(C3CCC(CCC4CCCC4)CC3)C2)C(C)C1. The third-order valence-electron chi connectivity index (χ3n) is 12.3. The van der Waals surface area contributed by atoms with Crippen LogP contribution in [0.3, 0.4) is 0 Å². The summed E-state index contributed by atoms with van der Waals surface area (Å²) in [5.41, 5.74) is 0. The smallest absolute Gasteiger partial charge is 0.0597 e. The molecule has 2 heteroatoms. The topological polar surface area (TPSA) is 29.5 Å². The summed E-state index contributed by atoms with van der Waals surface area (Å²) in [6.45, 7) is 10.3. The van der Waals surface area contributed by atoms with Gasteiger partial charge in [0.1, 0.15) is 0 Å². The van der Waals surface area contributed by atoms with Crippen LogP contribution in [0, 0.1) is 53.3 Å². The molecule has 4 rings (SSSR count). The number of rotatable bonds is 11. The van der Waals surface area contributed by atoms with Crippen molar-refractivity contribution < 1.29 is 9.84 Å². The Bertz CT molecular complexity index is 633. The summed E-state index contributed by atoms with van der Waals surface area (Å²) in [4.78, 5) is 0. The molecule has 0 spiro atoms. The molecule has 1 N–H and O–H groups in total. The van der Waals surface area contributed by atoms with Crippen molar-refractivity contribution in [1.29, 1.82) is 0 Å². The summed E-state index contributed by atoms with van der Waals surface area (Å²) in [5, 5.41) is 11.4. The van der Waals surface area contributed by atoms with E-state index in [0.717, 1.165) is 48.5 Å². The predicted molar refractivity (Wildman–Crippen MR) is 162 cm³/mol. The van der Waals surface area contributed by atoms with Crippen LogP contribution in [0.5, 0.6) is 0 Å². The second-order valence-electron chi connectivity index (χ2n) is 15.3. The largest absolute Gasteiger partial charge is 0.393 e. The molecule has 0 radical (unpaired) electrons. The maximum absolute atomic E-state index is 11.4. The zero-order valence-electron chi connectivity index (χ0n) is 26.1. The normalized spacial score (nSPS) is 39.4. The lowest BCUT2D eigenvalue weighted by Crippen LogP contribution is -2.33. The molecule has 0 saturated heterocycles. The molecule has 4 aliphatic rings. The fourth-order valence-corrected chi connectivity index (χ4v) is 9.63. The van der Waals surface area contributed by atoms with E-state index in [4.69, 9.17) is 4.74 Å². The van der Waals surface area contributed by atoms with Gasteiger partial charge < -0.3 is 9.84 Å². The molecule has 0 aromatic heterocycles. The summed E-state index contributed by atoms with van der Waals surface area (Å²) in [6.07, 6.45) is 28.4. The van der Waals surface area contributed by atoms with E-state index < -0.39 is 0 Å². The highest BCUT2D eigenvalue weighted by molar-refractivity contribution is 4.86. The van der Waals surface area contributed by atoms with Crippen LogP contribution in [0.15, 0.2) is 0 Å². The van der Waals surface area contributed by atoms with Crippen molar-refractivity contribution in [2.24, 2.45) is 53.3 Å². The monoisotopic (exact) mass is 531 g/mol. The summed E-state index contributed by atoms with van der Waals surface area (Å²) >= 11 is 0.